The second-order valence-electron chi connectivity index (χ2n) is 10.3. The van der Waals surface area contributed by atoms with Gasteiger partial charge in [-0.25, -0.2) is 4.98 Å². The maximum absolute atomic E-state index is 6.14. The summed E-state index contributed by atoms with van der Waals surface area (Å²) in [4.78, 5) is 4.77. The first-order valence-electron chi connectivity index (χ1n) is 14.8. The standard InChI is InChI=1S/C36H34N2O8S/c1-39-27-13-11-22(29-21-26(38-46-29)24-19-32(41-3)35(43-5)33(20-24)42-4)17-30(27)44-15-8-16-45-31-18-23(12-14-28(31)40-2)36-37-25-9-6-7-10-34(25)47-36/h6-7,9-14,17-21H,8,15-16H2,1-5H3. The number of fused-ring (bicyclic) bond motifs is 1. The van der Waals surface area contributed by atoms with Crippen LogP contribution in [0.3, 0.4) is 0 Å². The number of thiazole rings is 1. The van der Waals surface area contributed by atoms with Crippen LogP contribution in [0.15, 0.2) is 83.4 Å². The zero-order chi connectivity index (χ0) is 32.8. The van der Waals surface area contributed by atoms with E-state index in [1.54, 1.807) is 46.9 Å². The predicted molar refractivity (Wildman–Crippen MR) is 181 cm³/mol. The molecule has 0 aliphatic heterocycles. The fourth-order valence-corrected chi connectivity index (χ4v) is 6.02. The van der Waals surface area contributed by atoms with E-state index in [0.29, 0.717) is 71.3 Å². The molecule has 4 aromatic carbocycles. The number of ether oxygens (including phenoxy) is 7. The first-order valence-corrected chi connectivity index (χ1v) is 15.6. The maximum Gasteiger partial charge on any atom is 0.203 e. The number of nitrogens with zero attached hydrogens (tertiary/aromatic N) is 2. The minimum atomic E-state index is 0.396. The van der Waals surface area contributed by atoms with Crippen molar-refractivity contribution in [2.45, 2.75) is 6.42 Å². The van der Waals surface area contributed by atoms with E-state index in [4.69, 9.17) is 42.7 Å². The van der Waals surface area contributed by atoms with Crippen LogP contribution in [0.25, 0.3) is 43.4 Å². The van der Waals surface area contributed by atoms with E-state index in [1.807, 2.05) is 72.8 Å². The highest BCUT2D eigenvalue weighted by molar-refractivity contribution is 7.21. The van der Waals surface area contributed by atoms with Gasteiger partial charge in [0.1, 0.15) is 10.7 Å². The third kappa shape index (κ3) is 6.75. The van der Waals surface area contributed by atoms with Crippen molar-refractivity contribution in [1.29, 1.82) is 0 Å². The van der Waals surface area contributed by atoms with Crippen LogP contribution in [-0.4, -0.2) is 58.9 Å². The third-order valence-corrected chi connectivity index (χ3v) is 8.51. The lowest BCUT2D eigenvalue weighted by molar-refractivity contribution is 0.235. The summed E-state index contributed by atoms with van der Waals surface area (Å²) in [6, 6.07) is 25.0. The molecule has 0 fully saturated rings. The summed E-state index contributed by atoms with van der Waals surface area (Å²) >= 11 is 1.64. The molecule has 0 saturated heterocycles. The van der Waals surface area contributed by atoms with Crippen LogP contribution >= 0.6 is 11.3 Å². The lowest BCUT2D eigenvalue weighted by atomic mass is 10.1. The Labute approximate surface area is 276 Å². The highest BCUT2D eigenvalue weighted by Crippen LogP contribution is 2.42. The molecule has 0 N–H and O–H groups in total. The highest BCUT2D eigenvalue weighted by Gasteiger charge is 2.18. The molecule has 0 unspecified atom stereocenters. The van der Waals surface area contributed by atoms with Crippen LogP contribution in [0.1, 0.15) is 6.42 Å². The number of benzene rings is 4. The molecule has 0 bridgehead atoms. The van der Waals surface area contributed by atoms with Crippen molar-refractivity contribution < 1.29 is 37.7 Å². The molecule has 2 aromatic heterocycles. The fraction of sp³-hybridized carbons (Fsp3) is 0.222. The smallest absolute Gasteiger partial charge is 0.203 e. The van der Waals surface area contributed by atoms with Gasteiger partial charge in [0.05, 0.1) is 59.0 Å². The monoisotopic (exact) mass is 654 g/mol. The zero-order valence-electron chi connectivity index (χ0n) is 26.7. The molecule has 0 aliphatic carbocycles. The van der Waals surface area contributed by atoms with Gasteiger partial charge in [-0.05, 0) is 60.7 Å². The highest BCUT2D eigenvalue weighted by atomic mass is 32.1. The van der Waals surface area contributed by atoms with E-state index in [2.05, 4.69) is 11.2 Å². The Bertz CT molecular complexity index is 1930. The molecule has 0 radical (unpaired) electrons. The minimum absolute atomic E-state index is 0.396. The molecule has 0 atom stereocenters. The largest absolute Gasteiger partial charge is 0.493 e. The SMILES string of the molecule is COc1ccc(-c2cc(-c3cc(OC)c(OC)c(OC)c3)no2)cc1OCCCOc1cc(-c2nc3ccccc3s2)ccc1OC. The van der Waals surface area contributed by atoms with Crippen LogP contribution in [0, 0.1) is 0 Å². The lowest BCUT2D eigenvalue weighted by Crippen LogP contribution is -2.06. The van der Waals surface area contributed by atoms with Crippen LogP contribution in [0.5, 0.6) is 40.2 Å². The summed E-state index contributed by atoms with van der Waals surface area (Å²) in [6.45, 7) is 0.814. The number of hydrogen-bond donors (Lipinski definition) is 0. The van der Waals surface area contributed by atoms with Crippen molar-refractivity contribution in [3.8, 4) is 73.4 Å². The minimum Gasteiger partial charge on any atom is -0.493 e. The molecule has 6 rings (SSSR count). The topological polar surface area (TPSA) is 104 Å². The quantitative estimate of drug-likeness (QED) is 0.107. The van der Waals surface area contributed by atoms with Gasteiger partial charge in [0.15, 0.2) is 40.3 Å². The number of methoxy groups -OCH3 is 5. The van der Waals surface area contributed by atoms with Crippen LogP contribution in [-0.2, 0) is 0 Å². The van der Waals surface area contributed by atoms with Gasteiger partial charge in [-0.2, -0.15) is 0 Å². The third-order valence-electron chi connectivity index (χ3n) is 7.43. The van der Waals surface area contributed by atoms with E-state index in [9.17, 15) is 0 Å². The molecule has 0 aliphatic rings. The van der Waals surface area contributed by atoms with Gasteiger partial charge in [-0.3, -0.25) is 0 Å². The average Bonchev–Trinajstić information content (AvgIpc) is 3.79. The Morgan fingerprint density at radius 2 is 1.19 bits per heavy atom. The Hall–Kier alpha value is -5.42. The van der Waals surface area contributed by atoms with E-state index < -0.39 is 0 Å². The van der Waals surface area contributed by atoms with Crippen molar-refractivity contribution in [2.24, 2.45) is 0 Å². The number of para-hydroxylation sites is 1. The first kappa shape index (κ1) is 31.6. The van der Waals surface area contributed by atoms with Crippen LogP contribution in [0.4, 0.5) is 0 Å². The van der Waals surface area contributed by atoms with Crippen molar-refractivity contribution in [3.05, 3.63) is 78.9 Å². The van der Waals surface area contributed by atoms with Crippen molar-refractivity contribution in [2.75, 3.05) is 48.8 Å². The Morgan fingerprint density at radius 1 is 0.596 bits per heavy atom. The molecule has 6 aromatic rings. The molecule has 47 heavy (non-hydrogen) atoms. The molecule has 0 spiro atoms. The first-order chi connectivity index (χ1) is 23.0. The van der Waals surface area contributed by atoms with Gasteiger partial charge >= 0.3 is 0 Å². The Morgan fingerprint density at radius 3 is 1.81 bits per heavy atom. The summed E-state index contributed by atoms with van der Waals surface area (Å²) in [5.74, 6) is 4.59. The summed E-state index contributed by atoms with van der Waals surface area (Å²) in [5, 5.41) is 5.21. The van der Waals surface area contributed by atoms with Gasteiger partial charge < -0.3 is 37.7 Å². The van der Waals surface area contributed by atoms with Crippen molar-refractivity contribution >= 4 is 21.6 Å². The number of rotatable bonds is 14. The van der Waals surface area contributed by atoms with Crippen molar-refractivity contribution in [1.82, 2.24) is 10.1 Å². The lowest BCUT2D eigenvalue weighted by Gasteiger charge is -2.14. The average molecular weight is 655 g/mol. The molecule has 11 heteroatoms. The van der Waals surface area contributed by atoms with Crippen LogP contribution < -0.4 is 33.2 Å². The summed E-state index contributed by atoms with van der Waals surface area (Å²) in [5.41, 5.74) is 4.09. The second-order valence-corrected chi connectivity index (χ2v) is 11.3. The molecule has 2 heterocycles. The van der Waals surface area contributed by atoms with Crippen LogP contribution in [0.2, 0.25) is 0 Å². The summed E-state index contributed by atoms with van der Waals surface area (Å²) in [6.07, 6.45) is 0.621. The maximum atomic E-state index is 6.14. The summed E-state index contributed by atoms with van der Waals surface area (Å²) in [7, 11) is 7.93. The molecule has 10 nitrogen and oxygen atoms in total. The summed E-state index contributed by atoms with van der Waals surface area (Å²) < 4.78 is 46.6. The molecular formula is C36H34N2O8S. The predicted octanol–water partition coefficient (Wildman–Crippen LogP) is 8.18. The van der Waals surface area contributed by atoms with Crippen molar-refractivity contribution in [3.63, 3.8) is 0 Å². The van der Waals surface area contributed by atoms with E-state index >= 15 is 0 Å². The zero-order valence-corrected chi connectivity index (χ0v) is 27.5. The van der Waals surface area contributed by atoms with Gasteiger partial charge in [0.25, 0.3) is 0 Å². The Balaban J connectivity index is 1.12. The fourth-order valence-electron chi connectivity index (χ4n) is 5.06. The molecular weight excluding hydrogens is 620 g/mol. The van der Waals surface area contributed by atoms with Gasteiger partial charge in [-0.1, -0.05) is 17.3 Å². The molecule has 0 saturated carbocycles. The normalized spacial score (nSPS) is 10.9. The second kappa shape index (κ2) is 14.3. The van der Waals surface area contributed by atoms with Gasteiger partial charge in [0.2, 0.25) is 5.75 Å². The van der Waals surface area contributed by atoms with E-state index in [-0.39, 0.29) is 0 Å². The van der Waals surface area contributed by atoms with E-state index in [1.165, 1.54) is 0 Å². The molecule has 242 valence electrons. The van der Waals surface area contributed by atoms with E-state index in [0.717, 1.165) is 31.9 Å². The van der Waals surface area contributed by atoms with Gasteiger partial charge in [0, 0.05) is 29.2 Å². The number of aromatic nitrogens is 2. The van der Waals surface area contributed by atoms with Gasteiger partial charge in [-0.15, -0.1) is 11.3 Å². The Kier molecular flexibility index (Phi) is 9.63. The number of hydrogen-bond acceptors (Lipinski definition) is 11. The molecule has 0 amide bonds.